The molecule has 0 saturated carbocycles. The number of carboxylic acid groups (broad SMARTS) is 2. The van der Waals surface area contributed by atoms with Gasteiger partial charge in [-0.15, -0.1) is 5.10 Å². The Hall–Kier alpha value is -3.48. The molecule has 0 aliphatic rings. The number of nitrogens with zero attached hydrogens (tertiary/aromatic N) is 3. The number of aromatic carboxylic acids is 2. The van der Waals surface area contributed by atoms with E-state index in [2.05, 4.69) is 10.3 Å². The smallest absolute Gasteiger partial charge is 0.335 e. The van der Waals surface area contributed by atoms with Gasteiger partial charge in [-0.3, -0.25) is 0 Å². The van der Waals surface area contributed by atoms with Crippen LogP contribution in [0.25, 0.3) is 16.9 Å². The first-order chi connectivity index (χ1) is 11.0. The van der Waals surface area contributed by atoms with Gasteiger partial charge in [0.05, 0.1) is 23.0 Å². The van der Waals surface area contributed by atoms with E-state index in [1.165, 1.54) is 28.9 Å². The van der Waals surface area contributed by atoms with Crippen LogP contribution in [0.1, 0.15) is 20.7 Å². The van der Waals surface area contributed by atoms with E-state index in [4.69, 9.17) is 10.2 Å². The molecule has 0 fully saturated rings. The molecule has 0 atom stereocenters. The minimum absolute atomic E-state index is 0.146. The second-order valence-electron chi connectivity index (χ2n) is 4.79. The van der Waals surface area contributed by atoms with Gasteiger partial charge in [0.2, 0.25) is 0 Å². The summed E-state index contributed by atoms with van der Waals surface area (Å²) < 4.78 is 1.44. The summed E-state index contributed by atoms with van der Waals surface area (Å²) in [5.41, 5.74) is 1.97. The monoisotopic (exact) mass is 309 g/mol. The summed E-state index contributed by atoms with van der Waals surface area (Å²) in [4.78, 5) is 22.0. The number of hydrogen-bond donors (Lipinski definition) is 2. The molecule has 3 aromatic rings. The van der Waals surface area contributed by atoms with Crippen molar-refractivity contribution in [1.29, 1.82) is 0 Å². The van der Waals surface area contributed by atoms with Crippen molar-refractivity contribution in [2.45, 2.75) is 0 Å². The zero-order chi connectivity index (χ0) is 16.4. The van der Waals surface area contributed by atoms with E-state index in [0.29, 0.717) is 16.9 Å². The maximum atomic E-state index is 11.0. The minimum Gasteiger partial charge on any atom is -0.478 e. The lowest BCUT2D eigenvalue weighted by molar-refractivity contribution is 0.0686. The molecule has 0 unspecified atom stereocenters. The van der Waals surface area contributed by atoms with Crippen LogP contribution in [0.3, 0.4) is 0 Å². The van der Waals surface area contributed by atoms with Crippen molar-refractivity contribution < 1.29 is 19.8 Å². The molecule has 0 spiro atoms. The van der Waals surface area contributed by atoms with E-state index in [1.807, 2.05) is 0 Å². The highest BCUT2D eigenvalue weighted by molar-refractivity contribution is 5.89. The van der Waals surface area contributed by atoms with Crippen molar-refractivity contribution in [3.8, 4) is 16.9 Å². The van der Waals surface area contributed by atoms with Crippen molar-refractivity contribution >= 4 is 11.9 Å². The molecule has 2 aromatic carbocycles. The van der Waals surface area contributed by atoms with Gasteiger partial charge in [-0.25, -0.2) is 14.3 Å². The second kappa shape index (κ2) is 5.72. The Balaban J connectivity index is 1.97. The van der Waals surface area contributed by atoms with Crippen molar-refractivity contribution in [2.75, 3.05) is 0 Å². The minimum atomic E-state index is -1.03. The third-order valence-electron chi connectivity index (χ3n) is 3.26. The zero-order valence-corrected chi connectivity index (χ0v) is 11.7. The Kier molecular flexibility index (Phi) is 3.60. The highest BCUT2D eigenvalue weighted by Gasteiger charge is 2.10. The highest BCUT2D eigenvalue weighted by atomic mass is 16.4. The summed E-state index contributed by atoms with van der Waals surface area (Å²) >= 11 is 0. The van der Waals surface area contributed by atoms with E-state index < -0.39 is 11.9 Å². The van der Waals surface area contributed by atoms with Gasteiger partial charge in [-0.1, -0.05) is 23.4 Å². The van der Waals surface area contributed by atoms with Crippen molar-refractivity contribution in [3.63, 3.8) is 0 Å². The summed E-state index contributed by atoms with van der Waals surface area (Å²) in [5.74, 6) is -2.05. The van der Waals surface area contributed by atoms with Crippen molar-refractivity contribution in [2.24, 2.45) is 0 Å². The van der Waals surface area contributed by atoms with Crippen LogP contribution in [0, 0.1) is 0 Å². The van der Waals surface area contributed by atoms with Crippen LogP contribution in [-0.2, 0) is 0 Å². The van der Waals surface area contributed by atoms with E-state index in [9.17, 15) is 9.59 Å². The summed E-state index contributed by atoms with van der Waals surface area (Å²) in [6.07, 6.45) is 1.61. The summed E-state index contributed by atoms with van der Waals surface area (Å²) in [6.45, 7) is 0. The summed E-state index contributed by atoms with van der Waals surface area (Å²) in [7, 11) is 0. The molecule has 1 heterocycles. The SMILES string of the molecule is O=C(O)c1cccc(-c2cn(-c3cccc(C(=O)O)c3)nn2)c1. The third kappa shape index (κ3) is 2.93. The molecule has 2 N–H and O–H groups in total. The normalized spacial score (nSPS) is 10.4. The topological polar surface area (TPSA) is 105 Å². The lowest BCUT2D eigenvalue weighted by Crippen LogP contribution is -2.00. The predicted molar refractivity (Wildman–Crippen MR) is 80.7 cm³/mol. The fraction of sp³-hybridized carbons (Fsp3) is 0. The third-order valence-corrected chi connectivity index (χ3v) is 3.26. The quantitative estimate of drug-likeness (QED) is 0.766. The molecule has 3 rings (SSSR count). The first-order valence-electron chi connectivity index (χ1n) is 6.64. The van der Waals surface area contributed by atoms with Gasteiger partial charge in [0, 0.05) is 5.56 Å². The molecule has 7 nitrogen and oxygen atoms in total. The lowest BCUT2D eigenvalue weighted by Gasteiger charge is -2.01. The molecular formula is C16H11N3O4. The molecule has 1 aromatic heterocycles. The second-order valence-corrected chi connectivity index (χ2v) is 4.79. The van der Waals surface area contributed by atoms with Crippen LogP contribution in [0.2, 0.25) is 0 Å². The zero-order valence-electron chi connectivity index (χ0n) is 11.7. The first kappa shape index (κ1) is 14.5. The van der Waals surface area contributed by atoms with Gasteiger partial charge < -0.3 is 10.2 Å². The predicted octanol–water partition coefficient (Wildman–Crippen LogP) is 2.33. The molecule has 0 aliphatic carbocycles. The summed E-state index contributed by atoms with van der Waals surface area (Å²) in [6, 6.07) is 12.6. The molecular weight excluding hydrogens is 298 g/mol. The number of carbonyl (C=O) groups is 2. The van der Waals surface area contributed by atoms with Crippen molar-refractivity contribution in [3.05, 3.63) is 65.9 Å². The Morgan fingerprint density at radius 2 is 1.57 bits per heavy atom. The molecule has 7 heteroatoms. The van der Waals surface area contributed by atoms with Crippen molar-refractivity contribution in [1.82, 2.24) is 15.0 Å². The molecule has 0 amide bonds. The van der Waals surface area contributed by atoms with E-state index >= 15 is 0 Å². The highest BCUT2D eigenvalue weighted by Crippen LogP contribution is 2.19. The standard InChI is InChI=1S/C16H11N3O4/c20-15(21)11-4-1-3-10(7-11)14-9-19(18-17-14)13-6-2-5-12(8-13)16(22)23/h1-9H,(H,20,21)(H,22,23). The van der Waals surface area contributed by atoms with Gasteiger partial charge >= 0.3 is 11.9 Å². The molecule has 23 heavy (non-hydrogen) atoms. The van der Waals surface area contributed by atoms with Crippen LogP contribution >= 0.6 is 0 Å². The largest absolute Gasteiger partial charge is 0.478 e. The fourth-order valence-corrected chi connectivity index (χ4v) is 2.12. The molecule has 0 saturated heterocycles. The molecule has 0 bridgehead atoms. The van der Waals surface area contributed by atoms with E-state index in [-0.39, 0.29) is 11.1 Å². The molecule has 0 aliphatic heterocycles. The Bertz CT molecular complexity index is 830. The van der Waals surface area contributed by atoms with Gasteiger partial charge in [0.1, 0.15) is 5.69 Å². The average molecular weight is 309 g/mol. The average Bonchev–Trinajstić information content (AvgIpc) is 3.05. The summed E-state index contributed by atoms with van der Waals surface area (Å²) in [5, 5.41) is 26.0. The van der Waals surface area contributed by atoms with Crippen LogP contribution in [0.15, 0.2) is 54.7 Å². The van der Waals surface area contributed by atoms with Gasteiger partial charge in [0.25, 0.3) is 0 Å². The Morgan fingerprint density at radius 1 is 0.913 bits per heavy atom. The fourth-order valence-electron chi connectivity index (χ4n) is 2.12. The van der Waals surface area contributed by atoms with Crippen LogP contribution in [0.4, 0.5) is 0 Å². The molecule has 114 valence electrons. The Morgan fingerprint density at radius 3 is 2.26 bits per heavy atom. The Labute approximate surface area is 130 Å². The van der Waals surface area contributed by atoms with E-state index in [1.54, 1.807) is 30.5 Å². The first-order valence-corrected chi connectivity index (χ1v) is 6.64. The number of benzene rings is 2. The number of rotatable bonds is 4. The number of hydrogen-bond acceptors (Lipinski definition) is 4. The van der Waals surface area contributed by atoms with Gasteiger partial charge in [-0.05, 0) is 30.3 Å². The van der Waals surface area contributed by atoms with Crippen LogP contribution < -0.4 is 0 Å². The van der Waals surface area contributed by atoms with Crippen LogP contribution in [-0.4, -0.2) is 37.1 Å². The van der Waals surface area contributed by atoms with Gasteiger partial charge in [0.15, 0.2) is 0 Å². The lowest BCUT2D eigenvalue weighted by atomic mass is 10.1. The number of carboxylic acids is 2. The van der Waals surface area contributed by atoms with E-state index in [0.717, 1.165) is 0 Å². The molecule has 0 radical (unpaired) electrons. The number of aromatic nitrogens is 3. The maximum Gasteiger partial charge on any atom is 0.335 e. The maximum absolute atomic E-state index is 11.0. The van der Waals surface area contributed by atoms with Gasteiger partial charge in [-0.2, -0.15) is 0 Å². The van der Waals surface area contributed by atoms with Crippen LogP contribution in [0.5, 0.6) is 0 Å².